The van der Waals surface area contributed by atoms with E-state index in [1.807, 2.05) is 24.3 Å². The van der Waals surface area contributed by atoms with Gasteiger partial charge in [0.2, 0.25) is 0 Å². The molecule has 0 atom stereocenters. The fourth-order valence-electron chi connectivity index (χ4n) is 7.89. The molecule has 0 amide bonds. The van der Waals surface area contributed by atoms with Gasteiger partial charge in [0.25, 0.3) is 0 Å². The Labute approximate surface area is 315 Å². The number of allylic oxidation sites excluding steroid dienone is 2. The van der Waals surface area contributed by atoms with E-state index in [0.717, 1.165) is 43.4 Å². The van der Waals surface area contributed by atoms with Crippen LogP contribution in [0.4, 0.5) is 0 Å². The summed E-state index contributed by atoms with van der Waals surface area (Å²) in [4.78, 5) is 65.1. The van der Waals surface area contributed by atoms with Gasteiger partial charge in [0.05, 0.1) is 54.5 Å². The van der Waals surface area contributed by atoms with Crippen LogP contribution in [0.5, 0.6) is 0 Å². The van der Waals surface area contributed by atoms with E-state index in [9.17, 15) is 40.2 Å². The Bertz CT molecular complexity index is 2700. The van der Waals surface area contributed by atoms with Crippen molar-refractivity contribution in [3.8, 4) is 45.2 Å². The van der Waals surface area contributed by atoms with Crippen molar-refractivity contribution >= 4 is 58.0 Å². The Balaban J connectivity index is 1.08. The highest BCUT2D eigenvalue weighted by molar-refractivity contribution is 7.16. The molecule has 2 aromatic heterocycles. The molecule has 0 N–H and O–H groups in total. The number of fused-ring (bicyclic) bond motifs is 8. The van der Waals surface area contributed by atoms with E-state index < -0.39 is 34.0 Å². The van der Waals surface area contributed by atoms with Gasteiger partial charge in [0.1, 0.15) is 34.3 Å². The minimum Gasteiger partial charge on any atom is -0.288 e. The van der Waals surface area contributed by atoms with Gasteiger partial charge in [-0.05, 0) is 70.8 Å². The topological polar surface area (TPSA) is 189 Å². The Hall–Kier alpha value is -6.96. The third-order valence-electron chi connectivity index (χ3n) is 10.8. The predicted molar refractivity (Wildman–Crippen MR) is 198 cm³/mol. The van der Waals surface area contributed by atoms with Crippen LogP contribution in [0.15, 0.2) is 47.5 Å². The number of benzene rings is 3. The first-order chi connectivity index (χ1) is 25.7. The zero-order chi connectivity index (χ0) is 38.2. The highest BCUT2D eigenvalue weighted by atomic mass is 32.1. The summed E-state index contributed by atoms with van der Waals surface area (Å²) in [6, 6.07) is 17.2. The summed E-state index contributed by atoms with van der Waals surface area (Å²) in [7, 11) is 0. The van der Waals surface area contributed by atoms with Crippen LogP contribution >= 0.6 is 22.7 Å². The van der Waals surface area contributed by atoms with E-state index in [4.69, 9.17) is 9.97 Å². The fraction of sp³-hybridized carbons (Fsp3) is 0.143. The standard InChI is InChI=1S/C42H20N6O4S2/c1-41(2)29-9-26-30(10-25(29)37-39(41)47-31(53-37)11-27-33(49)21-5-17(13-43)18(14-44)6-22(21)34(27)50)42(3,4)40-38(26)54-32(48-40)12-28-35(51)23-7-19(15-45)20(16-46)8-24(23)36(28)52/h5-12H,1-4H3. The monoisotopic (exact) mass is 736 g/mol. The van der Waals surface area contributed by atoms with E-state index in [1.165, 1.54) is 59.1 Å². The number of ketones is 4. The number of nitrogens with zero attached hydrogens (tertiary/aromatic N) is 6. The molecule has 0 fully saturated rings. The molecule has 4 aliphatic carbocycles. The molecule has 0 unspecified atom stereocenters. The second-order valence-electron chi connectivity index (χ2n) is 14.4. The molecule has 54 heavy (non-hydrogen) atoms. The number of rotatable bonds is 2. The molecular weight excluding hydrogens is 717 g/mol. The SMILES string of the molecule is CC1(C)c2cc3c(cc2-c2sc(C=C4C(=O)c5cc(C#N)c(C#N)cc5C4=O)nc21)C(C)(C)c1nc(C=C2C(=O)c4cc(C#N)c(C#N)cc4C2=O)sc1-3. The predicted octanol–water partition coefficient (Wildman–Crippen LogP) is 7.62. The average Bonchev–Trinajstić information content (AvgIpc) is 3.96. The summed E-state index contributed by atoms with van der Waals surface area (Å²) < 4.78 is 0. The molecule has 0 saturated carbocycles. The van der Waals surface area contributed by atoms with Gasteiger partial charge in [-0.1, -0.05) is 27.7 Å². The van der Waals surface area contributed by atoms with Crippen molar-refractivity contribution in [2.45, 2.75) is 38.5 Å². The normalized spacial score (nSPS) is 16.1. The molecule has 3 aromatic carbocycles. The van der Waals surface area contributed by atoms with Crippen LogP contribution in [0.25, 0.3) is 33.0 Å². The van der Waals surface area contributed by atoms with Gasteiger partial charge in [-0.2, -0.15) is 21.0 Å². The molecule has 0 bridgehead atoms. The number of thiazole rings is 2. The van der Waals surface area contributed by atoms with Gasteiger partial charge in [0, 0.05) is 33.1 Å². The molecular formula is C42H20N6O4S2. The summed E-state index contributed by atoms with van der Waals surface area (Å²) in [5.41, 5.74) is 5.10. The second kappa shape index (κ2) is 10.8. The summed E-state index contributed by atoms with van der Waals surface area (Å²) in [5.74, 6) is -2.03. The zero-order valence-electron chi connectivity index (χ0n) is 28.8. The Morgan fingerprint density at radius 1 is 0.500 bits per heavy atom. The van der Waals surface area contributed by atoms with Crippen LogP contribution in [0.2, 0.25) is 0 Å². The lowest BCUT2D eigenvalue weighted by atomic mass is 9.81. The lowest BCUT2D eigenvalue weighted by Gasteiger charge is -2.23. The molecule has 4 aliphatic rings. The molecule has 5 aromatic rings. The van der Waals surface area contributed by atoms with Crippen molar-refractivity contribution in [3.63, 3.8) is 0 Å². The van der Waals surface area contributed by atoms with Gasteiger partial charge in [-0.15, -0.1) is 22.7 Å². The minimum absolute atomic E-state index is 0.0373. The number of hydrogen-bond donors (Lipinski definition) is 0. The van der Waals surface area contributed by atoms with Gasteiger partial charge in [-0.25, -0.2) is 9.97 Å². The van der Waals surface area contributed by atoms with Crippen LogP contribution in [0, 0.1) is 45.3 Å². The molecule has 12 heteroatoms. The van der Waals surface area contributed by atoms with Crippen LogP contribution in [0.1, 0.15) is 124 Å². The molecule has 0 radical (unpaired) electrons. The number of hydrogen-bond acceptors (Lipinski definition) is 12. The highest BCUT2D eigenvalue weighted by Crippen LogP contribution is 2.58. The van der Waals surface area contributed by atoms with Crippen molar-refractivity contribution in [1.29, 1.82) is 21.0 Å². The van der Waals surface area contributed by atoms with Crippen LogP contribution in [-0.4, -0.2) is 33.1 Å². The number of nitriles is 4. The molecule has 2 heterocycles. The third-order valence-corrected chi connectivity index (χ3v) is 12.8. The van der Waals surface area contributed by atoms with E-state index in [2.05, 4.69) is 39.8 Å². The summed E-state index contributed by atoms with van der Waals surface area (Å²) in [6.07, 6.45) is 3.00. The largest absolute Gasteiger partial charge is 0.288 e. The summed E-state index contributed by atoms with van der Waals surface area (Å²) in [5, 5.41) is 38.7. The number of aromatic nitrogens is 2. The van der Waals surface area contributed by atoms with Gasteiger partial charge in [-0.3, -0.25) is 19.2 Å². The first-order valence-electron chi connectivity index (χ1n) is 16.5. The first kappa shape index (κ1) is 32.9. The maximum Gasteiger partial charge on any atom is 0.197 e. The Kier molecular flexibility index (Phi) is 6.58. The molecule has 0 saturated heterocycles. The van der Waals surface area contributed by atoms with E-state index in [-0.39, 0.29) is 55.7 Å². The van der Waals surface area contributed by atoms with Crippen LogP contribution in [0.3, 0.4) is 0 Å². The molecule has 254 valence electrons. The maximum absolute atomic E-state index is 13.3. The van der Waals surface area contributed by atoms with Crippen LogP contribution < -0.4 is 0 Å². The number of carbonyl (C=O) groups excluding carboxylic acids is 4. The molecule has 0 spiro atoms. The lowest BCUT2D eigenvalue weighted by molar-refractivity contribution is 0.0975. The first-order valence-corrected chi connectivity index (χ1v) is 18.2. The quantitative estimate of drug-likeness (QED) is 0.129. The van der Waals surface area contributed by atoms with E-state index in [0.29, 0.717) is 10.0 Å². The van der Waals surface area contributed by atoms with E-state index in [1.54, 1.807) is 0 Å². The van der Waals surface area contributed by atoms with Crippen molar-refractivity contribution in [3.05, 3.63) is 125 Å². The smallest absolute Gasteiger partial charge is 0.197 e. The Morgan fingerprint density at radius 2 is 0.796 bits per heavy atom. The number of Topliss-reactive ketones (excluding diaryl/α,β-unsaturated/α-hetero) is 4. The Morgan fingerprint density at radius 3 is 1.07 bits per heavy atom. The lowest BCUT2D eigenvalue weighted by Crippen LogP contribution is -2.18. The van der Waals surface area contributed by atoms with Gasteiger partial charge in [0.15, 0.2) is 23.1 Å². The number of carbonyl (C=O) groups is 4. The zero-order valence-corrected chi connectivity index (χ0v) is 30.4. The fourth-order valence-corrected chi connectivity index (χ4v) is 10.3. The van der Waals surface area contributed by atoms with Crippen molar-refractivity contribution in [2.75, 3.05) is 0 Å². The average molecular weight is 737 g/mol. The van der Waals surface area contributed by atoms with Crippen molar-refractivity contribution in [2.24, 2.45) is 0 Å². The summed E-state index contributed by atoms with van der Waals surface area (Å²) >= 11 is 2.77. The second-order valence-corrected chi connectivity index (χ2v) is 16.5. The molecule has 0 aliphatic heterocycles. The van der Waals surface area contributed by atoms with E-state index >= 15 is 0 Å². The van der Waals surface area contributed by atoms with Gasteiger partial charge >= 0.3 is 0 Å². The highest BCUT2D eigenvalue weighted by Gasteiger charge is 2.46. The van der Waals surface area contributed by atoms with Crippen molar-refractivity contribution in [1.82, 2.24) is 9.97 Å². The maximum atomic E-state index is 13.3. The van der Waals surface area contributed by atoms with Crippen LogP contribution in [-0.2, 0) is 10.8 Å². The van der Waals surface area contributed by atoms with Gasteiger partial charge < -0.3 is 0 Å². The summed E-state index contributed by atoms with van der Waals surface area (Å²) in [6.45, 7) is 8.29. The third kappa shape index (κ3) is 4.15. The molecule has 9 rings (SSSR count). The van der Waals surface area contributed by atoms with Crippen molar-refractivity contribution < 1.29 is 19.2 Å². The minimum atomic E-state index is -0.537. The molecule has 10 nitrogen and oxygen atoms in total.